The highest BCUT2D eigenvalue weighted by molar-refractivity contribution is 7.16. The highest BCUT2D eigenvalue weighted by Crippen LogP contribution is 2.31. The lowest BCUT2D eigenvalue weighted by Gasteiger charge is -2.22. The highest BCUT2D eigenvalue weighted by Gasteiger charge is 2.39. The quantitative estimate of drug-likeness (QED) is 0.934. The van der Waals surface area contributed by atoms with Gasteiger partial charge in [0.15, 0.2) is 0 Å². The van der Waals surface area contributed by atoms with Crippen LogP contribution >= 0.6 is 11.3 Å². The second-order valence-corrected chi connectivity index (χ2v) is 5.23. The van der Waals surface area contributed by atoms with Gasteiger partial charge in [-0.2, -0.15) is 22.8 Å². The van der Waals surface area contributed by atoms with Crippen molar-refractivity contribution < 1.29 is 13.2 Å². The van der Waals surface area contributed by atoms with Crippen LogP contribution in [0.1, 0.15) is 31.6 Å². The molecule has 2 aromatic heterocycles. The van der Waals surface area contributed by atoms with Crippen LogP contribution in [0, 0.1) is 0 Å². The van der Waals surface area contributed by atoms with Gasteiger partial charge < -0.3 is 5.32 Å². The zero-order valence-corrected chi connectivity index (χ0v) is 10.9. The molecule has 0 fully saturated rings. The van der Waals surface area contributed by atoms with E-state index in [0.717, 1.165) is 15.9 Å². The molecule has 5 nitrogen and oxygen atoms in total. The number of halogens is 3. The van der Waals surface area contributed by atoms with Gasteiger partial charge in [0.25, 0.3) is 5.82 Å². The van der Waals surface area contributed by atoms with Crippen molar-refractivity contribution in [3.8, 4) is 0 Å². The summed E-state index contributed by atoms with van der Waals surface area (Å²) < 4.78 is 38.6. The first-order valence-corrected chi connectivity index (χ1v) is 6.12. The lowest BCUT2D eigenvalue weighted by Crippen LogP contribution is -2.36. The first kappa shape index (κ1) is 13.2. The van der Waals surface area contributed by atoms with Gasteiger partial charge in [0.2, 0.25) is 4.96 Å². The molecule has 0 spiro atoms. The standard InChI is InChI=1S/C9H12F3N5S/c1-4-13-8(2,3)6-16-17-5(9(10,11)12)14-15-7(17)18-6/h13H,4H2,1-3H3. The van der Waals surface area contributed by atoms with Crippen LogP contribution in [0.2, 0.25) is 0 Å². The second kappa shape index (κ2) is 4.16. The van der Waals surface area contributed by atoms with Crippen LogP contribution < -0.4 is 5.32 Å². The molecule has 0 aliphatic heterocycles. The first-order valence-electron chi connectivity index (χ1n) is 5.30. The molecule has 2 heterocycles. The van der Waals surface area contributed by atoms with Crippen molar-refractivity contribution in [2.24, 2.45) is 0 Å². The Bertz CT molecular complexity index is 556. The molecule has 0 saturated heterocycles. The van der Waals surface area contributed by atoms with Gasteiger partial charge in [0, 0.05) is 0 Å². The summed E-state index contributed by atoms with van der Waals surface area (Å²) in [4.78, 5) is 0.142. The van der Waals surface area contributed by atoms with Crippen molar-refractivity contribution in [3.63, 3.8) is 0 Å². The number of alkyl halides is 3. The smallest absolute Gasteiger partial charge is 0.306 e. The molecular weight excluding hydrogens is 267 g/mol. The molecule has 0 saturated carbocycles. The Morgan fingerprint density at radius 3 is 2.50 bits per heavy atom. The minimum absolute atomic E-state index is 0.142. The first-order chi connectivity index (χ1) is 8.25. The molecular formula is C9H12F3N5S. The van der Waals surface area contributed by atoms with Gasteiger partial charge >= 0.3 is 6.18 Å². The van der Waals surface area contributed by atoms with Crippen LogP contribution in [0.4, 0.5) is 13.2 Å². The van der Waals surface area contributed by atoms with E-state index in [-0.39, 0.29) is 4.96 Å². The molecule has 0 bridgehead atoms. The molecule has 0 aliphatic rings. The summed E-state index contributed by atoms with van der Waals surface area (Å²) in [5, 5.41) is 14.3. The molecule has 0 unspecified atom stereocenters. The van der Waals surface area contributed by atoms with Gasteiger partial charge in [-0.15, -0.1) is 10.2 Å². The summed E-state index contributed by atoms with van der Waals surface area (Å²) in [6.07, 6.45) is -4.55. The molecule has 9 heteroatoms. The Labute approximate surface area is 105 Å². The van der Waals surface area contributed by atoms with Crippen LogP contribution in [-0.2, 0) is 11.7 Å². The Morgan fingerprint density at radius 1 is 1.28 bits per heavy atom. The molecule has 0 atom stereocenters. The van der Waals surface area contributed by atoms with E-state index in [1.54, 1.807) is 0 Å². The van der Waals surface area contributed by atoms with E-state index in [1.807, 2.05) is 20.8 Å². The lowest BCUT2D eigenvalue weighted by atomic mass is 10.1. The van der Waals surface area contributed by atoms with Crippen LogP contribution in [0.15, 0.2) is 0 Å². The predicted octanol–water partition coefficient (Wildman–Crippen LogP) is 2.05. The van der Waals surface area contributed by atoms with E-state index < -0.39 is 17.5 Å². The van der Waals surface area contributed by atoms with E-state index in [4.69, 9.17) is 0 Å². The monoisotopic (exact) mass is 279 g/mol. The Balaban J connectivity index is 2.49. The molecule has 2 rings (SSSR count). The van der Waals surface area contributed by atoms with Crippen LogP contribution in [0.25, 0.3) is 4.96 Å². The summed E-state index contributed by atoms with van der Waals surface area (Å²) in [7, 11) is 0. The average Bonchev–Trinajstić information content (AvgIpc) is 2.72. The lowest BCUT2D eigenvalue weighted by molar-refractivity contribution is -0.146. The van der Waals surface area contributed by atoms with Crippen molar-refractivity contribution in [1.82, 2.24) is 25.1 Å². The fourth-order valence-electron chi connectivity index (χ4n) is 1.56. The summed E-state index contributed by atoms with van der Waals surface area (Å²) in [6, 6.07) is 0. The molecule has 18 heavy (non-hydrogen) atoms. The fraction of sp³-hybridized carbons (Fsp3) is 0.667. The van der Waals surface area contributed by atoms with Crippen molar-refractivity contribution in [3.05, 3.63) is 10.8 Å². The maximum atomic E-state index is 12.6. The predicted molar refractivity (Wildman–Crippen MR) is 60.4 cm³/mol. The third-order valence-corrected chi connectivity index (χ3v) is 3.62. The molecule has 1 N–H and O–H groups in total. The Morgan fingerprint density at radius 2 is 1.94 bits per heavy atom. The number of aromatic nitrogens is 4. The maximum absolute atomic E-state index is 12.6. The number of nitrogens with zero attached hydrogens (tertiary/aromatic N) is 4. The van der Waals surface area contributed by atoms with Crippen molar-refractivity contribution in [2.45, 2.75) is 32.5 Å². The van der Waals surface area contributed by atoms with Gasteiger partial charge in [-0.05, 0) is 20.4 Å². The van der Waals surface area contributed by atoms with Gasteiger partial charge in [0.05, 0.1) is 5.54 Å². The van der Waals surface area contributed by atoms with Gasteiger partial charge in [-0.1, -0.05) is 18.3 Å². The summed E-state index contributed by atoms with van der Waals surface area (Å²) in [6.45, 7) is 6.33. The average molecular weight is 279 g/mol. The number of fused-ring (bicyclic) bond motifs is 1. The van der Waals surface area contributed by atoms with Crippen LogP contribution in [0.3, 0.4) is 0 Å². The Kier molecular flexibility index (Phi) is 3.06. The summed E-state index contributed by atoms with van der Waals surface area (Å²) in [5.74, 6) is -1.09. The zero-order valence-electron chi connectivity index (χ0n) is 10.0. The van der Waals surface area contributed by atoms with Crippen LogP contribution in [0.5, 0.6) is 0 Å². The van der Waals surface area contributed by atoms with Gasteiger partial charge in [0.1, 0.15) is 5.01 Å². The SMILES string of the molecule is CCNC(C)(C)c1nn2c(C(F)(F)F)nnc2s1. The highest BCUT2D eigenvalue weighted by atomic mass is 32.1. The molecule has 0 aliphatic carbocycles. The molecule has 0 amide bonds. The van der Waals surface area contributed by atoms with Gasteiger partial charge in [-0.25, -0.2) is 0 Å². The topological polar surface area (TPSA) is 55.1 Å². The third kappa shape index (κ3) is 2.19. The second-order valence-electron chi connectivity index (χ2n) is 4.28. The minimum Gasteiger partial charge on any atom is -0.306 e. The van der Waals surface area contributed by atoms with Crippen molar-refractivity contribution in [2.75, 3.05) is 6.54 Å². The fourth-order valence-corrected chi connectivity index (χ4v) is 2.48. The van der Waals surface area contributed by atoms with E-state index in [2.05, 4.69) is 20.6 Å². The van der Waals surface area contributed by atoms with Gasteiger partial charge in [-0.3, -0.25) is 0 Å². The molecule has 0 radical (unpaired) electrons. The molecule has 100 valence electrons. The van der Waals surface area contributed by atoms with Crippen LogP contribution in [-0.4, -0.2) is 26.4 Å². The number of hydrogen-bond donors (Lipinski definition) is 1. The minimum atomic E-state index is -4.55. The number of hydrogen-bond acceptors (Lipinski definition) is 5. The normalized spacial score (nSPS) is 13.4. The number of nitrogens with one attached hydrogen (secondary N) is 1. The summed E-state index contributed by atoms with van der Waals surface area (Å²) >= 11 is 1.10. The zero-order chi connectivity index (χ0) is 13.6. The van der Waals surface area contributed by atoms with E-state index in [9.17, 15) is 13.2 Å². The molecule has 0 aromatic carbocycles. The third-order valence-electron chi connectivity index (χ3n) is 2.40. The van der Waals surface area contributed by atoms with E-state index in [1.165, 1.54) is 0 Å². The maximum Gasteiger partial charge on any atom is 0.453 e. The largest absolute Gasteiger partial charge is 0.453 e. The van der Waals surface area contributed by atoms with Crippen molar-refractivity contribution in [1.29, 1.82) is 0 Å². The van der Waals surface area contributed by atoms with Crippen molar-refractivity contribution >= 4 is 16.3 Å². The Hall–Kier alpha value is -1.22. The van der Waals surface area contributed by atoms with E-state index >= 15 is 0 Å². The summed E-state index contributed by atoms with van der Waals surface area (Å²) in [5.41, 5.74) is -0.497. The molecule has 2 aromatic rings. The number of rotatable bonds is 3. The van der Waals surface area contributed by atoms with E-state index in [0.29, 0.717) is 11.6 Å².